The van der Waals surface area contributed by atoms with Crippen molar-refractivity contribution in [1.82, 2.24) is 10.2 Å². The van der Waals surface area contributed by atoms with E-state index in [0.717, 1.165) is 44.1 Å². The van der Waals surface area contributed by atoms with Crippen molar-refractivity contribution in [2.45, 2.75) is 119 Å². The van der Waals surface area contributed by atoms with Gasteiger partial charge in [-0.1, -0.05) is 65.0 Å². The van der Waals surface area contributed by atoms with Crippen LogP contribution in [0.15, 0.2) is 42.5 Å². The summed E-state index contributed by atoms with van der Waals surface area (Å²) in [6, 6.07) is 7.58. The van der Waals surface area contributed by atoms with E-state index in [-0.39, 0.29) is 46.1 Å². The first kappa shape index (κ1) is 37.8. The van der Waals surface area contributed by atoms with Gasteiger partial charge in [0.1, 0.15) is 0 Å². The molecule has 3 unspecified atom stereocenters. The highest BCUT2D eigenvalue weighted by Gasteiger charge is 2.71. The van der Waals surface area contributed by atoms with Crippen LogP contribution in [0.1, 0.15) is 129 Å². The third kappa shape index (κ3) is 5.83. The largest absolute Gasteiger partial charge is 0.480 e. The Morgan fingerprint density at radius 1 is 0.902 bits per heavy atom. The molecule has 1 amide bonds. The van der Waals surface area contributed by atoms with Crippen LogP contribution in [0.2, 0.25) is 0 Å². The third-order valence-corrected chi connectivity index (χ3v) is 16.3. The molecular formula is C44H64N2O5. The lowest BCUT2D eigenvalue weighted by molar-refractivity contribution is -0.225. The molecule has 7 heteroatoms. The van der Waals surface area contributed by atoms with Crippen LogP contribution in [0, 0.1) is 56.7 Å². The molecular weight excluding hydrogens is 636 g/mol. The molecule has 4 saturated carbocycles. The van der Waals surface area contributed by atoms with E-state index >= 15 is 0 Å². The molecule has 0 saturated heterocycles. The van der Waals surface area contributed by atoms with Crippen LogP contribution < -0.4 is 5.32 Å². The molecule has 6 rings (SSSR count). The number of carbonyl (C=O) groups is 3. The van der Waals surface area contributed by atoms with Crippen molar-refractivity contribution in [3.63, 3.8) is 0 Å². The Morgan fingerprint density at radius 2 is 1.59 bits per heavy atom. The summed E-state index contributed by atoms with van der Waals surface area (Å²) in [5.74, 6) is 0.642. The molecule has 1 aromatic rings. The number of carbonyl (C=O) groups excluding carboxylic acids is 1. The SMILES string of the molecule is C=C(C)[C@@H]1CC[C@]2(C(=O)NCCN(CC(=O)O)C(C)C)CC[C@]3(C)[C@H](CCC4[C@@]5(C)CC=C(c6ccc(C(=O)O)cc6)C(C)(C)C5CC[C@]43C)C12. The van der Waals surface area contributed by atoms with Crippen LogP contribution in [0.25, 0.3) is 5.57 Å². The second-order valence-electron chi connectivity index (χ2n) is 19.0. The normalized spacial score (nSPS) is 38.2. The number of amides is 1. The molecule has 5 aliphatic rings. The van der Waals surface area contributed by atoms with E-state index in [1.165, 1.54) is 30.4 Å². The maximum Gasteiger partial charge on any atom is 0.335 e. The zero-order valence-corrected chi connectivity index (χ0v) is 32.6. The highest BCUT2D eigenvalue weighted by molar-refractivity contribution is 5.88. The molecule has 0 aromatic heterocycles. The van der Waals surface area contributed by atoms with E-state index in [0.29, 0.717) is 42.3 Å². The lowest BCUT2D eigenvalue weighted by Crippen LogP contribution is -2.66. The highest BCUT2D eigenvalue weighted by atomic mass is 16.4. The summed E-state index contributed by atoms with van der Waals surface area (Å²) in [4.78, 5) is 39.4. The number of hydrogen-bond acceptors (Lipinski definition) is 4. The molecule has 0 aliphatic heterocycles. The molecule has 0 spiro atoms. The third-order valence-electron chi connectivity index (χ3n) is 16.3. The molecule has 51 heavy (non-hydrogen) atoms. The first-order valence-corrected chi connectivity index (χ1v) is 19.8. The summed E-state index contributed by atoms with van der Waals surface area (Å²) >= 11 is 0. The van der Waals surface area contributed by atoms with Crippen LogP contribution in [-0.2, 0) is 9.59 Å². The molecule has 0 heterocycles. The van der Waals surface area contributed by atoms with Crippen molar-refractivity contribution in [3.05, 3.63) is 53.6 Å². The van der Waals surface area contributed by atoms with Crippen molar-refractivity contribution in [1.29, 1.82) is 0 Å². The number of aromatic carboxylic acids is 1. The van der Waals surface area contributed by atoms with Crippen LogP contribution in [0.3, 0.4) is 0 Å². The van der Waals surface area contributed by atoms with E-state index in [9.17, 15) is 24.6 Å². The van der Waals surface area contributed by atoms with Gasteiger partial charge in [0.05, 0.1) is 17.5 Å². The molecule has 5 aliphatic carbocycles. The van der Waals surface area contributed by atoms with Crippen molar-refractivity contribution >= 4 is 23.4 Å². The minimum Gasteiger partial charge on any atom is -0.480 e. The first-order valence-electron chi connectivity index (χ1n) is 19.8. The molecule has 3 N–H and O–H groups in total. The van der Waals surface area contributed by atoms with Crippen LogP contribution in [0.5, 0.6) is 0 Å². The van der Waals surface area contributed by atoms with Gasteiger partial charge in [-0.05, 0) is 153 Å². The number of carboxylic acid groups (broad SMARTS) is 2. The van der Waals surface area contributed by atoms with Crippen molar-refractivity contribution in [3.8, 4) is 0 Å². The Labute approximate surface area is 306 Å². The lowest BCUT2D eigenvalue weighted by Gasteiger charge is -2.72. The number of aliphatic carboxylic acids is 1. The summed E-state index contributed by atoms with van der Waals surface area (Å²) in [6.07, 6.45) is 12.1. The van der Waals surface area contributed by atoms with Crippen molar-refractivity contribution in [2.24, 2.45) is 56.7 Å². The highest BCUT2D eigenvalue weighted by Crippen LogP contribution is 2.77. The topological polar surface area (TPSA) is 107 Å². The van der Waals surface area contributed by atoms with Crippen molar-refractivity contribution < 1.29 is 24.6 Å². The number of carboxylic acids is 2. The fourth-order valence-corrected chi connectivity index (χ4v) is 13.6. The summed E-state index contributed by atoms with van der Waals surface area (Å²) in [5, 5.41) is 22.2. The van der Waals surface area contributed by atoms with Gasteiger partial charge in [-0.15, -0.1) is 0 Å². The minimum atomic E-state index is -0.889. The quantitative estimate of drug-likeness (QED) is 0.211. The Bertz CT molecular complexity index is 1590. The Kier molecular flexibility index (Phi) is 9.77. The number of allylic oxidation sites excluding steroid dienone is 3. The zero-order valence-electron chi connectivity index (χ0n) is 32.6. The van der Waals surface area contributed by atoms with E-state index in [4.69, 9.17) is 0 Å². The lowest BCUT2D eigenvalue weighted by atomic mass is 9.32. The molecule has 0 radical (unpaired) electrons. The average molecular weight is 701 g/mol. The van der Waals surface area contributed by atoms with Gasteiger partial charge in [0, 0.05) is 19.1 Å². The maximum atomic E-state index is 14.5. The number of nitrogens with zero attached hydrogens (tertiary/aromatic N) is 1. The molecule has 280 valence electrons. The molecule has 9 atom stereocenters. The zero-order chi connectivity index (χ0) is 37.3. The van der Waals surface area contributed by atoms with Gasteiger partial charge < -0.3 is 15.5 Å². The van der Waals surface area contributed by atoms with Crippen LogP contribution >= 0.6 is 0 Å². The maximum absolute atomic E-state index is 14.5. The van der Waals surface area contributed by atoms with E-state index in [1.54, 1.807) is 12.1 Å². The van der Waals surface area contributed by atoms with Gasteiger partial charge in [0.25, 0.3) is 0 Å². The fourth-order valence-electron chi connectivity index (χ4n) is 13.6. The van der Waals surface area contributed by atoms with Crippen LogP contribution in [0.4, 0.5) is 0 Å². The molecule has 4 fully saturated rings. The predicted octanol–water partition coefficient (Wildman–Crippen LogP) is 8.95. The van der Waals surface area contributed by atoms with Gasteiger partial charge in [0.15, 0.2) is 0 Å². The monoisotopic (exact) mass is 700 g/mol. The fraction of sp³-hybridized carbons (Fsp3) is 0.705. The molecule has 1 aromatic carbocycles. The van der Waals surface area contributed by atoms with Crippen molar-refractivity contribution in [2.75, 3.05) is 19.6 Å². The smallest absolute Gasteiger partial charge is 0.335 e. The second-order valence-corrected chi connectivity index (χ2v) is 19.0. The van der Waals surface area contributed by atoms with Gasteiger partial charge in [-0.25, -0.2) is 4.79 Å². The second kappa shape index (κ2) is 13.2. The van der Waals surface area contributed by atoms with E-state index < -0.39 is 17.4 Å². The number of rotatable bonds is 10. The number of nitrogens with one attached hydrogen (secondary N) is 1. The summed E-state index contributed by atoms with van der Waals surface area (Å²) in [7, 11) is 0. The number of fused-ring (bicyclic) bond motifs is 7. The van der Waals surface area contributed by atoms with Gasteiger partial charge in [-0.2, -0.15) is 0 Å². The Morgan fingerprint density at radius 3 is 2.20 bits per heavy atom. The van der Waals surface area contributed by atoms with E-state index in [2.05, 4.69) is 59.5 Å². The molecule has 0 bridgehead atoms. The average Bonchev–Trinajstić information content (AvgIpc) is 3.45. The number of hydrogen-bond donors (Lipinski definition) is 3. The standard InChI is InChI=1S/C44H64N2O5/c1-27(2)31-16-21-44(39(51)45-24-25-46(28(3)4)26-36(47)48)23-22-42(8)33(37(31)44)14-15-35-41(7)19-17-32(29-10-12-30(13-11-29)38(49)50)40(5,6)34(41)18-20-43(35,42)9/h10-13,17,28,31,33-35,37H,1,14-16,18-26H2,2-9H3,(H,45,51)(H,47,48)(H,49,50)/t31-,33+,34?,35?,37?,41-,42+,43+,44-/m0/s1. The van der Waals surface area contributed by atoms with Gasteiger partial charge in [0.2, 0.25) is 5.91 Å². The predicted molar refractivity (Wildman–Crippen MR) is 203 cm³/mol. The Hall–Kier alpha value is -2.93. The summed E-state index contributed by atoms with van der Waals surface area (Å²) < 4.78 is 0. The summed E-state index contributed by atoms with van der Waals surface area (Å²) in [5.41, 5.74) is 4.04. The van der Waals surface area contributed by atoms with Crippen LogP contribution in [-0.4, -0.2) is 58.6 Å². The summed E-state index contributed by atoms with van der Waals surface area (Å²) in [6.45, 7) is 24.3. The molecule has 7 nitrogen and oxygen atoms in total. The van der Waals surface area contributed by atoms with E-state index in [1.807, 2.05) is 30.9 Å². The van der Waals surface area contributed by atoms with Gasteiger partial charge >= 0.3 is 11.9 Å². The van der Waals surface area contributed by atoms with Gasteiger partial charge in [-0.3, -0.25) is 14.5 Å². The minimum absolute atomic E-state index is 0.0207. The first-order chi connectivity index (χ1) is 23.8. The Balaban J connectivity index is 1.28. The number of benzene rings is 1.